The fraction of sp³-hybridized carbons (Fsp3) is 0.500. The normalized spacial score (nSPS) is 15.0. The van der Waals surface area contributed by atoms with Crippen LogP contribution in [-0.4, -0.2) is 31.2 Å². The van der Waals surface area contributed by atoms with Gasteiger partial charge in [0.2, 0.25) is 0 Å². The highest BCUT2D eigenvalue weighted by Gasteiger charge is 2.33. The van der Waals surface area contributed by atoms with Gasteiger partial charge >= 0.3 is 0 Å². The first-order chi connectivity index (χ1) is 7.90. The van der Waals surface area contributed by atoms with Crippen LogP contribution in [0.25, 0.3) is 0 Å². The second-order valence-electron chi connectivity index (χ2n) is 4.07. The molecule has 5 heteroatoms. The highest BCUT2D eigenvalue weighted by atomic mass is 35.5. The smallest absolute Gasteiger partial charge is 0.185 e. The first kappa shape index (κ1) is 14.4. The van der Waals surface area contributed by atoms with Gasteiger partial charge in [-0.05, 0) is 30.7 Å². The summed E-state index contributed by atoms with van der Waals surface area (Å²) in [5.41, 5.74) is -0.781. The van der Waals surface area contributed by atoms with Crippen LogP contribution in [-0.2, 0) is 15.9 Å². The zero-order valence-corrected chi connectivity index (χ0v) is 10.8. The van der Waals surface area contributed by atoms with Gasteiger partial charge in [0.15, 0.2) is 6.29 Å². The Labute approximate surface area is 105 Å². The Morgan fingerprint density at radius 3 is 2.53 bits per heavy atom. The topological polar surface area (TPSA) is 38.7 Å². The van der Waals surface area contributed by atoms with Crippen molar-refractivity contribution < 1.29 is 19.0 Å². The molecule has 1 aromatic carbocycles. The van der Waals surface area contributed by atoms with E-state index >= 15 is 0 Å². The Kier molecular flexibility index (Phi) is 4.89. The van der Waals surface area contributed by atoms with Crippen molar-refractivity contribution in [3.8, 4) is 0 Å². The molecule has 1 N–H and O–H groups in total. The Bertz CT molecular complexity index is 378. The van der Waals surface area contributed by atoms with Gasteiger partial charge in [0.25, 0.3) is 0 Å². The minimum absolute atomic E-state index is 0.135. The molecule has 0 radical (unpaired) electrons. The van der Waals surface area contributed by atoms with Crippen molar-refractivity contribution >= 4 is 11.6 Å². The van der Waals surface area contributed by atoms with E-state index < -0.39 is 17.7 Å². The number of rotatable bonds is 5. The van der Waals surface area contributed by atoms with E-state index in [4.69, 9.17) is 21.1 Å². The molecule has 0 heterocycles. The van der Waals surface area contributed by atoms with E-state index in [9.17, 15) is 9.50 Å². The maximum Gasteiger partial charge on any atom is 0.185 e. The van der Waals surface area contributed by atoms with Crippen LogP contribution >= 0.6 is 11.6 Å². The van der Waals surface area contributed by atoms with E-state index in [1.807, 2.05) is 0 Å². The maximum atomic E-state index is 13.1. The van der Waals surface area contributed by atoms with Crippen LogP contribution in [0.5, 0.6) is 0 Å². The minimum Gasteiger partial charge on any atom is -0.385 e. The summed E-state index contributed by atoms with van der Waals surface area (Å²) in [7, 11) is 2.85. The predicted molar refractivity (Wildman–Crippen MR) is 63.5 cm³/mol. The molecule has 0 saturated carbocycles. The molecule has 1 unspecified atom stereocenters. The van der Waals surface area contributed by atoms with E-state index in [0.717, 1.165) is 0 Å². The summed E-state index contributed by atoms with van der Waals surface area (Å²) in [6, 6.07) is 4.01. The van der Waals surface area contributed by atoms with Gasteiger partial charge in [0, 0.05) is 25.7 Å². The van der Waals surface area contributed by atoms with Crippen molar-refractivity contribution in [2.45, 2.75) is 25.2 Å². The largest absolute Gasteiger partial charge is 0.385 e. The van der Waals surface area contributed by atoms with Crippen LogP contribution in [0.2, 0.25) is 5.02 Å². The molecule has 3 nitrogen and oxygen atoms in total. The van der Waals surface area contributed by atoms with Gasteiger partial charge in [-0.25, -0.2) is 4.39 Å². The number of aliphatic hydroxyl groups is 1. The lowest BCUT2D eigenvalue weighted by Crippen LogP contribution is -2.43. The van der Waals surface area contributed by atoms with E-state index in [1.165, 1.54) is 32.4 Å². The zero-order chi connectivity index (χ0) is 13.1. The van der Waals surface area contributed by atoms with Crippen molar-refractivity contribution in [3.05, 3.63) is 34.6 Å². The molecule has 0 aromatic heterocycles. The van der Waals surface area contributed by atoms with Crippen molar-refractivity contribution in [2.75, 3.05) is 14.2 Å². The number of ether oxygens (including phenoxy) is 2. The Morgan fingerprint density at radius 1 is 1.41 bits per heavy atom. The highest BCUT2D eigenvalue weighted by Crippen LogP contribution is 2.25. The van der Waals surface area contributed by atoms with Gasteiger partial charge in [-0.1, -0.05) is 11.6 Å². The molecular weight excluding hydrogens is 247 g/mol. The molecule has 96 valence electrons. The number of hydrogen-bond acceptors (Lipinski definition) is 3. The summed E-state index contributed by atoms with van der Waals surface area (Å²) >= 11 is 5.93. The summed E-state index contributed by atoms with van der Waals surface area (Å²) in [5, 5.41) is 10.6. The fourth-order valence-corrected chi connectivity index (χ4v) is 1.94. The molecule has 1 atom stereocenters. The molecule has 0 fully saturated rings. The third-order valence-corrected chi connectivity index (χ3v) is 2.86. The van der Waals surface area contributed by atoms with E-state index in [-0.39, 0.29) is 6.42 Å². The fourth-order valence-electron chi connectivity index (χ4n) is 1.75. The van der Waals surface area contributed by atoms with Crippen LogP contribution in [0, 0.1) is 5.82 Å². The van der Waals surface area contributed by atoms with Crippen LogP contribution < -0.4 is 0 Å². The molecule has 0 aliphatic carbocycles. The Hall–Kier alpha value is -0.680. The van der Waals surface area contributed by atoms with Gasteiger partial charge in [-0.3, -0.25) is 0 Å². The second kappa shape index (κ2) is 5.78. The van der Waals surface area contributed by atoms with Gasteiger partial charge < -0.3 is 14.6 Å². The minimum atomic E-state index is -1.29. The lowest BCUT2D eigenvalue weighted by Gasteiger charge is -2.30. The molecule has 0 aliphatic rings. The number of hydrogen-bond donors (Lipinski definition) is 1. The zero-order valence-electron chi connectivity index (χ0n) is 10.0. The maximum absolute atomic E-state index is 13.1. The monoisotopic (exact) mass is 262 g/mol. The molecule has 0 bridgehead atoms. The molecule has 0 spiro atoms. The summed E-state index contributed by atoms with van der Waals surface area (Å²) in [6.45, 7) is 1.55. The van der Waals surface area contributed by atoms with Gasteiger partial charge in [-0.15, -0.1) is 0 Å². The average molecular weight is 263 g/mol. The summed E-state index contributed by atoms with van der Waals surface area (Å²) < 4.78 is 23.1. The third-order valence-electron chi connectivity index (χ3n) is 2.49. The van der Waals surface area contributed by atoms with Crippen molar-refractivity contribution in [1.29, 1.82) is 0 Å². The lowest BCUT2D eigenvalue weighted by molar-refractivity contribution is -0.207. The molecule has 1 rings (SSSR count). The van der Waals surface area contributed by atoms with Crippen LogP contribution in [0.3, 0.4) is 0 Å². The first-order valence-electron chi connectivity index (χ1n) is 5.12. The molecule has 17 heavy (non-hydrogen) atoms. The van der Waals surface area contributed by atoms with E-state index in [0.29, 0.717) is 10.6 Å². The predicted octanol–water partition coefficient (Wildman–Crippen LogP) is 2.39. The second-order valence-corrected chi connectivity index (χ2v) is 4.48. The number of methoxy groups -OCH3 is 2. The van der Waals surface area contributed by atoms with Crippen LogP contribution in [0.1, 0.15) is 12.5 Å². The van der Waals surface area contributed by atoms with Gasteiger partial charge in [0.1, 0.15) is 11.4 Å². The van der Waals surface area contributed by atoms with Crippen LogP contribution in [0.4, 0.5) is 4.39 Å². The van der Waals surface area contributed by atoms with Crippen molar-refractivity contribution in [1.82, 2.24) is 0 Å². The number of halogens is 2. The summed E-state index contributed by atoms with van der Waals surface area (Å²) in [5.74, 6) is -0.397. The number of benzene rings is 1. The standard InChI is InChI=1S/C12H16ClFO3/c1-12(15,11(16-2)17-3)7-8-6-9(14)4-5-10(8)13/h4-6,11,15H,7H2,1-3H3. The Morgan fingerprint density at radius 2 is 2.00 bits per heavy atom. The lowest BCUT2D eigenvalue weighted by atomic mass is 9.95. The first-order valence-corrected chi connectivity index (χ1v) is 5.50. The summed E-state index contributed by atoms with van der Waals surface area (Å²) in [6.07, 6.45) is -0.669. The van der Waals surface area contributed by atoms with Gasteiger partial charge in [0.05, 0.1) is 0 Å². The molecule has 0 saturated heterocycles. The summed E-state index contributed by atoms with van der Waals surface area (Å²) in [4.78, 5) is 0. The van der Waals surface area contributed by atoms with Gasteiger partial charge in [-0.2, -0.15) is 0 Å². The quantitative estimate of drug-likeness (QED) is 0.828. The van der Waals surface area contributed by atoms with Crippen LogP contribution in [0.15, 0.2) is 18.2 Å². The molecule has 1 aromatic rings. The highest BCUT2D eigenvalue weighted by molar-refractivity contribution is 6.31. The molecular formula is C12H16ClFO3. The molecule has 0 aliphatic heterocycles. The van der Waals surface area contributed by atoms with E-state index in [1.54, 1.807) is 6.92 Å². The van der Waals surface area contributed by atoms with E-state index in [2.05, 4.69) is 0 Å². The van der Waals surface area contributed by atoms with Crippen molar-refractivity contribution in [2.24, 2.45) is 0 Å². The van der Waals surface area contributed by atoms with Crippen molar-refractivity contribution in [3.63, 3.8) is 0 Å². The third kappa shape index (κ3) is 3.64. The Balaban J connectivity index is 2.92. The average Bonchev–Trinajstić information content (AvgIpc) is 2.24. The SMILES string of the molecule is COC(OC)C(C)(O)Cc1cc(F)ccc1Cl. The molecule has 0 amide bonds.